The molecule has 0 aliphatic heterocycles. The minimum atomic E-state index is -0.390. The first-order valence-electron chi connectivity index (χ1n) is 13.8. The molecular formula is C30H45N5O3. The third-order valence-corrected chi connectivity index (χ3v) is 7.74. The molecule has 0 fully saturated rings. The van der Waals surface area contributed by atoms with E-state index in [-0.39, 0.29) is 6.54 Å². The van der Waals surface area contributed by atoms with Crippen molar-refractivity contribution < 1.29 is 14.3 Å². The lowest BCUT2D eigenvalue weighted by atomic mass is 9.73. The summed E-state index contributed by atoms with van der Waals surface area (Å²) in [6.07, 6.45) is 6.06. The molecule has 0 spiro atoms. The summed E-state index contributed by atoms with van der Waals surface area (Å²) in [5.74, 6) is 0. The highest BCUT2D eigenvalue weighted by atomic mass is 16.5. The first-order valence-corrected chi connectivity index (χ1v) is 13.8. The van der Waals surface area contributed by atoms with Gasteiger partial charge in [0.2, 0.25) is 6.41 Å². The van der Waals surface area contributed by atoms with Crippen molar-refractivity contribution in [3.05, 3.63) is 35.5 Å². The van der Waals surface area contributed by atoms with Gasteiger partial charge in [0.15, 0.2) is 0 Å². The van der Waals surface area contributed by atoms with Gasteiger partial charge in [-0.05, 0) is 70.6 Å². The van der Waals surface area contributed by atoms with Crippen LogP contribution in [0.1, 0.15) is 65.6 Å². The van der Waals surface area contributed by atoms with Crippen LogP contribution in [0.25, 0.3) is 22.3 Å². The summed E-state index contributed by atoms with van der Waals surface area (Å²) < 4.78 is 5.39. The summed E-state index contributed by atoms with van der Waals surface area (Å²) >= 11 is 0. The molecule has 0 saturated heterocycles. The van der Waals surface area contributed by atoms with E-state index in [0.717, 1.165) is 30.8 Å². The Morgan fingerprint density at radius 1 is 1.18 bits per heavy atom. The van der Waals surface area contributed by atoms with Crippen molar-refractivity contribution in [2.45, 2.75) is 72.8 Å². The van der Waals surface area contributed by atoms with Crippen molar-refractivity contribution in [2.24, 2.45) is 5.41 Å². The van der Waals surface area contributed by atoms with Crippen LogP contribution in [-0.2, 0) is 27.2 Å². The van der Waals surface area contributed by atoms with Crippen molar-refractivity contribution in [1.82, 2.24) is 20.1 Å². The number of fused-ring (bicyclic) bond motifs is 2. The van der Waals surface area contributed by atoms with E-state index in [1.54, 1.807) is 0 Å². The maximum Gasteiger partial charge on any atom is 0.210 e. The monoisotopic (exact) mass is 523 g/mol. The molecule has 1 atom stereocenters. The molecule has 2 aromatic heterocycles. The number of benzene rings is 1. The van der Waals surface area contributed by atoms with Crippen molar-refractivity contribution >= 4 is 29.3 Å². The molecule has 8 nitrogen and oxygen atoms in total. The lowest BCUT2D eigenvalue weighted by molar-refractivity contribution is -0.126. The van der Waals surface area contributed by atoms with Crippen LogP contribution in [0.2, 0.25) is 0 Å². The average molecular weight is 524 g/mol. The van der Waals surface area contributed by atoms with Crippen LogP contribution in [0.3, 0.4) is 0 Å². The van der Waals surface area contributed by atoms with Gasteiger partial charge in [0.25, 0.3) is 0 Å². The number of anilines is 1. The molecule has 1 amide bonds. The zero-order chi connectivity index (χ0) is 27.9. The third kappa shape index (κ3) is 7.04. The Bertz CT molecular complexity index is 1210. The lowest BCUT2D eigenvalue weighted by Gasteiger charge is -2.32. The van der Waals surface area contributed by atoms with Crippen molar-refractivity contribution in [1.29, 1.82) is 0 Å². The second kappa shape index (κ2) is 12.6. The molecule has 0 bridgehead atoms. The molecule has 2 N–H and O–H groups in total. The van der Waals surface area contributed by atoms with Gasteiger partial charge in [0.1, 0.15) is 12.0 Å². The molecule has 0 radical (unpaired) electrons. The zero-order valence-corrected chi connectivity index (χ0v) is 24.2. The maximum atomic E-state index is 10.5. The van der Waals surface area contributed by atoms with E-state index in [0.29, 0.717) is 31.3 Å². The van der Waals surface area contributed by atoms with Gasteiger partial charge in [0, 0.05) is 54.6 Å². The van der Waals surface area contributed by atoms with Gasteiger partial charge in [-0.15, -0.1) is 0 Å². The maximum absolute atomic E-state index is 10.5. The fraction of sp³-hybridized carbons (Fsp3) is 0.567. The van der Waals surface area contributed by atoms with Crippen molar-refractivity contribution in [3.63, 3.8) is 0 Å². The summed E-state index contributed by atoms with van der Waals surface area (Å²) in [7, 11) is 2.12. The fourth-order valence-corrected chi connectivity index (χ4v) is 5.11. The lowest BCUT2D eigenvalue weighted by Crippen LogP contribution is -2.40. The molecule has 1 aromatic carbocycles. The average Bonchev–Trinajstić information content (AvgIpc) is 3.51. The number of hydrogen-bond acceptors (Lipinski definition) is 5. The number of carbonyl (C=O) groups excluding carboxylic acids is 2. The summed E-state index contributed by atoms with van der Waals surface area (Å²) in [6, 6.07) is 8.85. The SMILES string of the molecule is CCN(C)c1ccc2cc(-c3n[nH]c4c3CCC(C)(CC)C4)[nH]c2c1.CCOC(C)(C)CN(C=O)CC=O. The molecule has 4 rings (SSSR count). The van der Waals surface area contributed by atoms with E-state index in [9.17, 15) is 9.59 Å². The quantitative estimate of drug-likeness (QED) is 0.329. The first-order chi connectivity index (χ1) is 18.1. The van der Waals surface area contributed by atoms with Gasteiger partial charge >= 0.3 is 0 Å². The molecule has 1 unspecified atom stereocenters. The summed E-state index contributed by atoms with van der Waals surface area (Å²) in [4.78, 5) is 27.9. The van der Waals surface area contributed by atoms with Gasteiger partial charge in [-0.1, -0.05) is 26.3 Å². The minimum absolute atomic E-state index is 0.125. The molecule has 8 heteroatoms. The number of nitrogens with zero attached hydrogens (tertiary/aromatic N) is 3. The predicted octanol–water partition coefficient (Wildman–Crippen LogP) is 5.38. The number of hydrogen-bond donors (Lipinski definition) is 2. The number of H-pyrrole nitrogens is 2. The second-order valence-electron chi connectivity index (χ2n) is 11.2. The Morgan fingerprint density at radius 2 is 1.95 bits per heavy atom. The topological polar surface area (TPSA) is 94.3 Å². The molecule has 2 heterocycles. The Labute approximate surface area is 227 Å². The van der Waals surface area contributed by atoms with E-state index in [4.69, 9.17) is 4.74 Å². The molecular weight excluding hydrogens is 478 g/mol. The summed E-state index contributed by atoms with van der Waals surface area (Å²) in [5.41, 5.74) is 7.41. The normalized spacial score (nSPS) is 16.9. The van der Waals surface area contributed by atoms with Gasteiger partial charge in [-0.25, -0.2) is 0 Å². The number of ether oxygens (including phenoxy) is 1. The van der Waals surface area contributed by atoms with Crippen LogP contribution in [-0.4, -0.2) is 71.7 Å². The highest BCUT2D eigenvalue weighted by Crippen LogP contribution is 2.40. The van der Waals surface area contributed by atoms with E-state index in [1.807, 2.05) is 20.8 Å². The van der Waals surface area contributed by atoms with E-state index in [1.165, 1.54) is 45.6 Å². The molecule has 1 aliphatic rings. The number of amides is 1. The standard InChI is InChI=1S/C21H28N4.C9H17NO3/c1-5-21(3)10-9-16-19(13-21)23-24-20(16)18-11-14-7-8-15(25(4)6-2)12-17(14)22-18;1-4-13-9(2,3)7-10(8-12)5-6-11/h7-8,11-12,22H,5-6,9-10,13H2,1-4H3,(H,23,24);6,8H,4-5,7H2,1-3H3. The number of aromatic amines is 2. The molecule has 1 aliphatic carbocycles. The number of nitrogens with one attached hydrogen (secondary N) is 2. The Morgan fingerprint density at radius 3 is 2.58 bits per heavy atom. The Balaban J connectivity index is 0.000000263. The highest BCUT2D eigenvalue weighted by Gasteiger charge is 2.31. The van der Waals surface area contributed by atoms with Gasteiger partial charge in [0.05, 0.1) is 17.8 Å². The zero-order valence-electron chi connectivity index (χ0n) is 24.2. The van der Waals surface area contributed by atoms with E-state index >= 15 is 0 Å². The summed E-state index contributed by atoms with van der Waals surface area (Å²) in [6.45, 7) is 14.7. The van der Waals surface area contributed by atoms with Crippen molar-refractivity contribution in [3.8, 4) is 11.4 Å². The largest absolute Gasteiger partial charge is 0.375 e. The van der Waals surface area contributed by atoms with Crippen molar-refractivity contribution in [2.75, 3.05) is 38.2 Å². The molecule has 0 saturated carbocycles. The Kier molecular flexibility index (Phi) is 9.77. The minimum Gasteiger partial charge on any atom is -0.375 e. The first kappa shape index (κ1) is 29.4. The number of aromatic nitrogens is 3. The molecule has 3 aromatic rings. The second-order valence-corrected chi connectivity index (χ2v) is 11.2. The van der Waals surface area contributed by atoms with Crippen LogP contribution in [0.5, 0.6) is 0 Å². The highest BCUT2D eigenvalue weighted by molar-refractivity contribution is 5.88. The van der Waals surface area contributed by atoms with Crippen LogP contribution in [0.4, 0.5) is 5.69 Å². The summed E-state index contributed by atoms with van der Waals surface area (Å²) in [5, 5.41) is 9.23. The smallest absolute Gasteiger partial charge is 0.210 e. The number of aldehydes is 1. The number of carbonyl (C=O) groups is 2. The number of rotatable bonds is 11. The van der Waals surface area contributed by atoms with Gasteiger partial charge in [-0.3, -0.25) is 9.89 Å². The fourth-order valence-electron chi connectivity index (χ4n) is 5.11. The van der Waals surface area contributed by atoms with Gasteiger partial charge in [-0.2, -0.15) is 5.10 Å². The predicted molar refractivity (Wildman–Crippen MR) is 155 cm³/mol. The van der Waals surface area contributed by atoms with Crippen LogP contribution in [0.15, 0.2) is 24.3 Å². The molecule has 38 heavy (non-hydrogen) atoms. The van der Waals surface area contributed by atoms with Crippen LogP contribution in [0, 0.1) is 5.41 Å². The third-order valence-electron chi connectivity index (χ3n) is 7.74. The van der Waals surface area contributed by atoms with Crippen LogP contribution >= 0.6 is 0 Å². The van der Waals surface area contributed by atoms with E-state index in [2.05, 4.69) is 72.2 Å². The van der Waals surface area contributed by atoms with Crippen LogP contribution < -0.4 is 4.90 Å². The molecule has 208 valence electrons. The van der Waals surface area contributed by atoms with Gasteiger partial charge < -0.3 is 24.3 Å². The Hall–Kier alpha value is -3.13. The van der Waals surface area contributed by atoms with E-state index < -0.39 is 5.60 Å².